The van der Waals surface area contributed by atoms with E-state index >= 15 is 0 Å². The highest BCUT2D eigenvalue weighted by molar-refractivity contribution is 7.89. The van der Waals surface area contributed by atoms with Crippen molar-refractivity contribution in [1.29, 1.82) is 0 Å². The van der Waals surface area contributed by atoms with Crippen LogP contribution in [0.15, 0.2) is 17.3 Å². The first-order valence-electron chi connectivity index (χ1n) is 8.31. The number of aromatic nitrogens is 2. The van der Waals surface area contributed by atoms with Crippen molar-refractivity contribution in [1.82, 2.24) is 19.4 Å². The minimum atomic E-state index is -3.69. The van der Waals surface area contributed by atoms with Crippen LogP contribution in [0.2, 0.25) is 0 Å². The van der Waals surface area contributed by atoms with E-state index in [1.165, 1.54) is 10.5 Å². The first-order chi connectivity index (χ1) is 11.0. The fourth-order valence-electron chi connectivity index (χ4n) is 3.58. The summed E-state index contributed by atoms with van der Waals surface area (Å²) in [6, 6.07) is -0.316. The molecule has 1 aromatic rings. The van der Waals surface area contributed by atoms with E-state index in [4.69, 9.17) is 0 Å². The zero-order chi connectivity index (χ0) is 16.4. The SMILES string of the molecule is CNC(=O)C1CCCCN1S(=O)(=O)c1cnn(C2CCCC2)c1. The lowest BCUT2D eigenvalue weighted by Crippen LogP contribution is -2.51. The maximum absolute atomic E-state index is 12.9. The molecule has 1 saturated heterocycles. The number of hydrogen-bond acceptors (Lipinski definition) is 4. The number of carbonyl (C=O) groups excluding carboxylic acids is 1. The smallest absolute Gasteiger partial charge is 0.246 e. The lowest BCUT2D eigenvalue weighted by molar-refractivity contribution is -0.125. The molecule has 3 rings (SSSR count). The van der Waals surface area contributed by atoms with E-state index in [1.54, 1.807) is 17.9 Å². The molecular weight excluding hydrogens is 316 g/mol. The van der Waals surface area contributed by atoms with Crippen LogP contribution >= 0.6 is 0 Å². The third-order valence-corrected chi connectivity index (χ3v) is 6.75. The summed E-state index contributed by atoms with van der Waals surface area (Å²) in [5.74, 6) is -0.239. The van der Waals surface area contributed by atoms with Gasteiger partial charge in [-0.05, 0) is 25.7 Å². The van der Waals surface area contributed by atoms with Crippen LogP contribution in [0, 0.1) is 0 Å². The van der Waals surface area contributed by atoms with Gasteiger partial charge in [0, 0.05) is 19.8 Å². The molecule has 1 amide bonds. The molecule has 1 aromatic heterocycles. The highest BCUT2D eigenvalue weighted by Gasteiger charge is 2.38. The van der Waals surface area contributed by atoms with Crippen LogP contribution in [0.25, 0.3) is 0 Å². The van der Waals surface area contributed by atoms with Gasteiger partial charge in [0.2, 0.25) is 15.9 Å². The van der Waals surface area contributed by atoms with Gasteiger partial charge in [-0.2, -0.15) is 9.40 Å². The maximum atomic E-state index is 12.9. The van der Waals surface area contributed by atoms with Gasteiger partial charge >= 0.3 is 0 Å². The molecule has 8 heteroatoms. The molecule has 1 atom stereocenters. The molecule has 0 spiro atoms. The van der Waals surface area contributed by atoms with Gasteiger partial charge in [-0.15, -0.1) is 0 Å². The van der Waals surface area contributed by atoms with Gasteiger partial charge in [-0.25, -0.2) is 8.42 Å². The summed E-state index contributed by atoms with van der Waals surface area (Å²) in [6.07, 6.45) is 9.68. The summed E-state index contributed by atoms with van der Waals surface area (Å²) >= 11 is 0. The lowest BCUT2D eigenvalue weighted by atomic mass is 10.0. The Morgan fingerprint density at radius 2 is 1.91 bits per heavy atom. The van der Waals surface area contributed by atoms with Crippen molar-refractivity contribution in [2.24, 2.45) is 0 Å². The van der Waals surface area contributed by atoms with Crippen LogP contribution in [-0.2, 0) is 14.8 Å². The molecule has 23 heavy (non-hydrogen) atoms. The Kier molecular flexibility index (Phi) is 4.72. The van der Waals surface area contributed by atoms with Gasteiger partial charge < -0.3 is 5.32 Å². The number of carbonyl (C=O) groups is 1. The van der Waals surface area contributed by atoms with Crippen LogP contribution in [0.4, 0.5) is 0 Å². The van der Waals surface area contributed by atoms with Crippen molar-refractivity contribution in [3.05, 3.63) is 12.4 Å². The molecule has 1 unspecified atom stereocenters. The molecule has 1 aliphatic heterocycles. The number of likely N-dealkylation sites (N-methyl/N-ethyl adjacent to an activating group) is 1. The number of piperidine rings is 1. The van der Waals surface area contributed by atoms with Gasteiger partial charge in [-0.3, -0.25) is 9.48 Å². The molecular formula is C15H24N4O3S. The third-order valence-electron chi connectivity index (χ3n) is 4.89. The first-order valence-corrected chi connectivity index (χ1v) is 9.75. The fraction of sp³-hybridized carbons (Fsp3) is 0.733. The van der Waals surface area contributed by atoms with Crippen LogP contribution in [-0.4, -0.2) is 48.0 Å². The largest absolute Gasteiger partial charge is 0.358 e. The van der Waals surface area contributed by atoms with Gasteiger partial charge in [-0.1, -0.05) is 19.3 Å². The lowest BCUT2D eigenvalue weighted by Gasteiger charge is -2.32. The van der Waals surface area contributed by atoms with Crippen LogP contribution < -0.4 is 5.32 Å². The predicted octanol–water partition coefficient (Wildman–Crippen LogP) is 1.29. The van der Waals surface area contributed by atoms with Gasteiger partial charge in [0.25, 0.3) is 0 Å². The molecule has 7 nitrogen and oxygen atoms in total. The zero-order valence-corrected chi connectivity index (χ0v) is 14.3. The fourth-order valence-corrected chi connectivity index (χ4v) is 5.18. The second-order valence-corrected chi connectivity index (χ2v) is 8.23. The van der Waals surface area contributed by atoms with Crippen molar-refractivity contribution in [2.45, 2.75) is 61.9 Å². The average molecular weight is 340 g/mol. The van der Waals surface area contributed by atoms with E-state index in [2.05, 4.69) is 10.4 Å². The monoisotopic (exact) mass is 340 g/mol. The van der Waals surface area contributed by atoms with Crippen molar-refractivity contribution >= 4 is 15.9 Å². The number of nitrogens with zero attached hydrogens (tertiary/aromatic N) is 3. The van der Waals surface area contributed by atoms with Crippen LogP contribution in [0.1, 0.15) is 51.0 Å². The second-order valence-electron chi connectivity index (χ2n) is 6.34. The van der Waals surface area contributed by atoms with Crippen molar-refractivity contribution < 1.29 is 13.2 Å². The molecule has 0 aromatic carbocycles. The normalized spacial score (nSPS) is 24.0. The summed E-state index contributed by atoms with van der Waals surface area (Å²) in [4.78, 5) is 12.2. The van der Waals surface area contributed by atoms with E-state index < -0.39 is 16.1 Å². The highest BCUT2D eigenvalue weighted by Crippen LogP contribution is 2.31. The molecule has 2 heterocycles. The Balaban J connectivity index is 1.86. The minimum Gasteiger partial charge on any atom is -0.358 e. The average Bonchev–Trinajstić information content (AvgIpc) is 3.25. The number of rotatable bonds is 4. The molecule has 2 aliphatic rings. The minimum absolute atomic E-state index is 0.195. The topological polar surface area (TPSA) is 84.3 Å². The molecule has 1 saturated carbocycles. The number of hydrogen-bond donors (Lipinski definition) is 1. The van der Waals surface area contributed by atoms with Gasteiger partial charge in [0.1, 0.15) is 10.9 Å². The summed E-state index contributed by atoms with van der Waals surface area (Å²) in [5, 5.41) is 6.83. The molecule has 0 bridgehead atoms. The summed E-state index contributed by atoms with van der Waals surface area (Å²) in [7, 11) is -2.14. The second kappa shape index (κ2) is 6.60. The van der Waals surface area contributed by atoms with E-state index in [0.717, 1.165) is 38.5 Å². The van der Waals surface area contributed by atoms with Crippen molar-refractivity contribution in [3.63, 3.8) is 0 Å². The molecule has 0 radical (unpaired) electrons. The summed E-state index contributed by atoms with van der Waals surface area (Å²) in [5.41, 5.74) is 0. The number of nitrogens with one attached hydrogen (secondary N) is 1. The zero-order valence-electron chi connectivity index (χ0n) is 13.4. The molecule has 128 valence electrons. The Morgan fingerprint density at radius 3 is 2.61 bits per heavy atom. The number of amides is 1. The molecule has 2 fully saturated rings. The van der Waals surface area contributed by atoms with E-state index in [9.17, 15) is 13.2 Å². The van der Waals surface area contributed by atoms with E-state index in [0.29, 0.717) is 19.0 Å². The van der Waals surface area contributed by atoms with E-state index in [1.807, 2.05) is 0 Å². The van der Waals surface area contributed by atoms with Crippen molar-refractivity contribution in [2.75, 3.05) is 13.6 Å². The van der Waals surface area contributed by atoms with E-state index in [-0.39, 0.29) is 10.8 Å². The maximum Gasteiger partial charge on any atom is 0.246 e. The third kappa shape index (κ3) is 3.14. The molecule has 1 aliphatic carbocycles. The Morgan fingerprint density at radius 1 is 1.22 bits per heavy atom. The summed E-state index contributed by atoms with van der Waals surface area (Å²) < 4.78 is 29.0. The Labute approximate surface area is 137 Å². The Hall–Kier alpha value is -1.41. The first kappa shape index (κ1) is 16.4. The van der Waals surface area contributed by atoms with Crippen molar-refractivity contribution in [3.8, 4) is 0 Å². The number of sulfonamides is 1. The standard InChI is InChI=1S/C15H24N4O3S/c1-16-15(20)14-8-4-5-9-19(14)23(21,22)13-10-17-18(11-13)12-6-2-3-7-12/h10-12,14H,2-9H2,1H3,(H,16,20). The Bertz CT molecular complexity index is 664. The van der Waals surface area contributed by atoms with Crippen LogP contribution in [0.3, 0.4) is 0 Å². The van der Waals surface area contributed by atoms with Gasteiger partial charge in [0.15, 0.2) is 0 Å². The summed E-state index contributed by atoms with van der Waals surface area (Å²) in [6.45, 7) is 0.384. The predicted molar refractivity (Wildman–Crippen MR) is 85.3 cm³/mol. The van der Waals surface area contributed by atoms with Gasteiger partial charge in [0.05, 0.1) is 12.2 Å². The molecule has 1 N–H and O–H groups in total. The highest BCUT2D eigenvalue weighted by atomic mass is 32.2. The van der Waals surface area contributed by atoms with Crippen LogP contribution in [0.5, 0.6) is 0 Å². The quantitative estimate of drug-likeness (QED) is 0.895.